The van der Waals surface area contributed by atoms with E-state index < -0.39 is 17.6 Å². The summed E-state index contributed by atoms with van der Waals surface area (Å²) in [5.74, 6) is -1.77. The highest BCUT2D eigenvalue weighted by Crippen LogP contribution is 2.21. The van der Waals surface area contributed by atoms with Crippen LogP contribution < -0.4 is 5.32 Å². The van der Waals surface area contributed by atoms with Crippen LogP contribution in [-0.2, 0) is 11.3 Å². The average molecular weight is 371 g/mol. The SMILES string of the molecule is CCOC(=O)c1cn(-c2ccc(F)cc2F)nc1NCc1ccccc1C. The van der Waals surface area contributed by atoms with Crippen LogP contribution in [0.5, 0.6) is 0 Å². The molecule has 5 nitrogen and oxygen atoms in total. The van der Waals surface area contributed by atoms with Crippen molar-refractivity contribution in [2.75, 3.05) is 11.9 Å². The van der Waals surface area contributed by atoms with Gasteiger partial charge in [0.1, 0.15) is 17.1 Å². The number of anilines is 1. The molecule has 1 aromatic heterocycles. The predicted octanol–water partition coefficient (Wildman–Crippen LogP) is 4.25. The van der Waals surface area contributed by atoms with E-state index in [0.717, 1.165) is 23.3 Å². The Labute approximate surface area is 155 Å². The van der Waals surface area contributed by atoms with Crippen molar-refractivity contribution in [3.05, 3.63) is 77.0 Å². The van der Waals surface area contributed by atoms with E-state index in [0.29, 0.717) is 6.54 Å². The molecule has 27 heavy (non-hydrogen) atoms. The summed E-state index contributed by atoms with van der Waals surface area (Å²) in [5, 5.41) is 7.36. The number of esters is 1. The molecular formula is C20H19F2N3O2. The topological polar surface area (TPSA) is 56.2 Å². The van der Waals surface area contributed by atoms with Crippen molar-refractivity contribution in [2.45, 2.75) is 20.4 Å². The van der Waals surface area contributed by atoms with E-state index in [1.165, 1.54) is 16.9 Å². The number of aryl methyl sites for hydroxylation is 1. The summed E-state index contributed by atoms with van der Waals surface area (Å²) in [5.41, 5.74) is 2.33. The van der Waals surface area contributed by atoms with Crippen molar-refractivity contribution in [1.29, 1.82) is 0 Å². The zero-order valence-corrected chi connectivity index (χ0v) is 15.0. The Morgan fingerprint density at radius 3 is 2.70 bits per heavy atom. The Hall–Kier alpha value is -3.22. The summed E-state index contributed by atoms with van der Waals surface area (Å²) in [6.07, 6.45) is 1.37. The molecule has 7 heteroatoms. The number of ether oxygens (including phenoxy) is 1. The lowest BCUT2D eigenvalue weighted by atomic mass is 10.1. The number of nitrogens with one attached hydrogen (secondary N) is 1. The lowest BCUT2D eigenvalue weighted by Crippen LogP contribution is -2.09. The number of aromatic nitrogens is 2. The lowest BCUT2D eigenvalue weighted by molar-refractivity contribution is 0.0527. The minimum absolute atomic E-state index is 0.0332. The summed E-state index contributed by atoms with van der Waals surface area (Å²) < 4.78 is 33.5. The van der Waals surface area contributed by atoms with Crippen LogP contribution >= 0.6 is 0 Å². The second-order valence-corrected chi connectivity index (χ2v) is 5.93. The Balaban J connectivity index is 1.94. The van der Waals surface area contributed by atoms with Crippen LogP contribution in [0, 0.1) is 18.6 Å². The summed E-state index contributed by atoms with van der Waals surface area (Å²) in [6.45, 7) is 4.31. The molecule has 1 N–H and O–H groups in total. The van der Waals surface area contributed by atoms with Gasteiger partial charge in [-0.2, -0.15) is 0 Å². The van der Waals surface area contributed by atoms with Gasteiger partial charge in [-0.05, 0) is 37.1 Å². The first-order valence-corrected chi connectivity index (χ1v) is 8.50. The molecule has 0 saturated carbocycles. The highest BCUT2D eigenvalue weighted by Gasteiger charge is 2.19. The summed E-state index contributed by atoms with van der Waals surface area (Å²) >= 11 is 0. The van der Waals surface area contributed by atoms with Crippen LogP contribution in [0.15, 0.2) is 48.7 Å². The maximum atomic E-state index is 14.1. The van der Waals surface area contributed by atoms with E-state index in [1.807, 2.05) is 31.2 Å². The maximum Gasteiger partial charge on any atom is 0.343 e. The Bertz CT molecular complexity index is 970. The molecule has 0 amide bonds. The fourth-order valence-corrected chi connectivity index (χ4v) is 2.64. The van der Waals surface area contributed by atoms with Gasteiger partial charge in [0.2, 0.25) is 0 Å². The van der Waals surface area contributed by atoms with Gasteiger partial charge in [-0.1, -0.05) is 24.3 Å². The lowest BCUT2D eigenvalue weighted by Gasteiger charge is -2.08. The number of carbonyl (C=O) groups is 1. The third kappa shape index (κ3) is 4.13. The van der Waals surface area contributed by atoms with Crippen LogP contribution in [0.25, 0.3) is 5.69 Å². The molecule has 0 aliphatic rings. The molecule has 0 aliphatic carbocycles. The van der Waals surface area contributed by atoms with E-state index in [2.05, 4.69) is 10.4 Å². The molecule has 0 saturated heterocycles. The highest BCUT2D eigenvalue weighted by atomic mass is 19.1. The van der Waals surface area contributed by atoms with Gasteiger partial charge < -0.3 is 10.1 Å². The van der Waals surface area contributed by atoms with Gasteiger partial charge in [0, 0.05) is 18.8 Å². The van der Waals surface area contributed by atoms with E-state index in [4.69, 9.17) is 4.74 Å². The molecule has 0 spiro atoms. The smallest absolute Gasteiger partial charge is 0.343 e. The first-order chi connectivity index (χ1) is 13.0. The fraction of sp³-hybridized carbons (Fsp3) is 0.200. The standard InChI is InChI=1S/C20H19F2N3O2/c1-3-27-20(26)16-12-25(18-9-8-15(21)10-17(18)22)24-19(16)23-11-14-7-5-4-6-13(14)2/h4-10,12H,3,11H2,1-2H3,(H,23,24). The maximum absolute atomic E-state index is 14.1. The minimum Gasteiger partial charge on any atom is -0.462 e. The Morgan fingerprint density at radius 2 is 2.00 bits per heavy atom. The molecule has 140 valence electrons. The third-order valence-electron chi connectivity index (χ3n) is 4.07. The summed E-state index contributed by atoms with van der Waals surface area (Å²) in [7, 11) is 0. The molecule has 0 unspecified atom stereocenters. The number of halogens is 2. The molecule has 3 aromatic rings. The van der Waals surface area contributed by atoms with Gasteiger partial charge in [-0.25, -0.2) is 18.3 Å². The Morgan fingerprint density at radius 1 is 1.22 bits per heavy atom. The molecule has 0 aliphatic heterocycles. The average Bonchev–Trinajstić information content (AvgIpc) is 3.05. The van der Waals surface area contributed by atoms with E-state index in [-0.39, 0.29) is 23.7 Å². The first-order valence-electron chi connectivity index (χ1n) is 8.50. The van der Waals surface area contributed by atoms with Crippen LogP contribution in [0.4, 0.5) is 14.6 Å². The summed E-state index contributed by atoms with van der Waals surface area (Å²) in [6, 6.07) is 11.0. The van der Waals surface area contributed by atoms with Gasteiger partial charge in [0.05, 0.1) is 6.61 Å². The van der Waals surface area contributed by atoms with Gasteiger partial charge >= 0.3 is 5.97 Å². The van der Waals surface area contributed by atoms with Crippen molar-refractivity contribution in [1.82, 2.24) is 9.78 Å². The van der Waals surface area contributed by atoms with Crippen molar-refractivity contribution < 1.29 is 18.3 Å². The van der Waals surface area contributed by atoms with Gasteiger partial charge in [0.25, 0.3) is 0 Å². The van der Waals surface area contributed by atoms with Crippen LogP contribution in [-0.4, -0.2) is 22.4 Å². The second kappa shape index (κ2) is 7.99. The van der Waals surface area contributed by atoms with Crippen molar-refractivity contribution in [3.8, 4) is 5.69 Å². The number of nitrogens with zero attached hydrogens (tertiary/aromatic N) is 2. The molecule has 2 aromatic carbocycles. The highest BCUT2D eigenvalue weighted by molar-refractivity contribution is 5.94. The monoisotopic (exact) mass is 371 g/mol. The van der Waals surface area contributed by atoms with Gasteiger partial charge in [-0.3, -0.25) is 0 Å². The first kappa shape index (κ1) is 18.6. The third-order valence-corrected chi connectivity index (χ3v) is 4.07. The van der Waals surface area contributed by atoms with E-state index in [9.17, 15) is 13.6 Å². The van der Waals surface area contributed by atoms with Gasteiger partial charge in [0.15, 0.2) is 11.6 Å². The zero-order valence-electron chi connectivity index (χ0n) is 15.0. The van der Waals surface area contributed by atoms with Crippen LogP contribution in [0.1, 0.15) is 28.4 Å². The predicted molar refractivity (Wildman–Crippen MR) is 97.9 cm³/mol. The second-order valence-electron chi connectivity index (χ2n) is 5.93. The zero-order chi connectivity index (χ0) is 19.4. The fourth-order valence-electron chi connectivity index (χ4n) is 2.64. The summed E-state index contributed by atoms with van der Waals surface area (Å²) in [4.78, 5) is 12.3. The Kier molecular flexibility index (Phi) is 5.49. The molecule has 0 radical (unpaired) electrons. The van der Waals surface area contributed by atoms with Gasteiger partial charge in [-0.15, -0.1) is 5.10 Å². The molecular weight excluding hydrogens is 352 g/mol. The van der Waals surface area contributed by atoms with Crippen molar-refractivity contribution >= 4 is 11.8 Å². The molecule has 0 fully saturated rings. The number of hydrogen-bond donors (Lipinski definition) is 1. The van der Waals surface area contributed by atoms with Crippen LogP contribution in [0.3, 0.4) is 0 Å². The molecule has 3 rings (SSSR count). The number of hydrogen-bond acceptors (Lipinski definition) is 4. The van der Waals surface area contributed by atoms with Crippen LogP contribution in [0.2, 0.25) is 0 Å². The van der Waals surface area contributed by atoms with Crippen molar-refractivity contribution in [2.24, 2.45) is 0 Å². The van der Waals surface area contributed by atoms with E-state index in [1.54, 1.807) is 6.92 Å². The van der Waals surface area contributed by atoms with Crippen molar-refractivity contribution in [3.63, 3.8) is 0 Å². The molecule has 0 atom stereocenters. The quantitative estimate of drug-likeness (QED) is 0.658. The minimum atomic E-state index is -0.779. The molecule has 1 heterocycles. The van der Waals surface area contributed by atoms with E-state index >= 15 is 0 Å². The number of benzene rings is 2. The molecule has 0 bridgehead atoms. The largest absolute Gasteiger partial charge is 0.462 e. The number of carbonyl (C=O) groups excluding carboxylic acids is 1. The number of rotatable bonds is 6. The normalized spacial score (nSPS) is 10.7.